The van der Waals surface area contributed by atoms with Crippen LogP contribution in [-0.4, -0.2) is 19.4 Å². The molecule has 0 aromatic heterocycles. The van der Waals surface area contributed by atoms with Crippen molar-refractivity contribution in [3.05, 3.63) is 58.4 Å². The number of benzene rings is 2. The van der Waals surface area contributed by atoms with Crippen molar-refractivity contribution in [3.63, 3.8) is 0 Å². The van der Waals surface area contributed by atoms with Gasteiger partial charge in [-0.25, -0.2) is 9.18 Å². The van der Waals surface area contributed by atoms with Crippen molar-refractivity contribution in [2.75, 3.05) is 7.11 Å². The van der Waals surface area contributed by atoms with Gasteiger partial charge in [0.25, 0.3) is 0 Å². The Labute approximate surface area is 125 Å². The van der Waals surface area contributed by atoms with Crippen LogP contribution in [-0.2, 0) is 0 Å². The molecule has 0 unspecified atom stereocenters. The predicted molar refractivity (Wildman–Crippen MR) is 74.8 cm³/mol. The highest BCUT2D eigenvalue weighted by Gasteiger charge is 2.19. The Bertz CT molecular complexity index is 680. The molecule has 2 aromatic rings. The molecule has 0 spiro atoms. The Kier molecular flexibility index (Phi) is 4.55. The van der Waals surface area contributed by atoms with Gasteiger partial charge in [-0.15, -0.1) is 0 Å². The maximum atomic E-state index is 13.6. The lowest BCUT2D eigenvalue weighted by Gasteiger charge is -2.10. The van der Waals surface area contributed by atoms with Gasteiger partial charge in [-0.3, -0.25) is 4.79 Å². The Morgan fingerprint density at radius 2 is 2.00 bits per heavy atom. The molecule has 0 saturated heterocycles. The molecule has 2 rings (SSSR count). The molecular formula is C15H10ClFO4. The number of hydrogen-bond acceptors (Lipinski definition) is 4. The number of carbonyl (C=O) groups excluding carboxylic acids is 2. The molecule has 4 nitrogen and oxygen atoms in total. The van der Waals surface area contributed by atoms with Crippen LogP contribution < -0.4 is 9.47 Å². The van der Waals surface area contributed by atoms with Gasteiger partial charge < -0.3 is 9.47 Å². The Balaban J connectivity index is 2.34. The van der Waals surface area contributed by atoms with Crippen molar-refractivity contribution in [2.45, 2.75) is 0 Å². The molecule has 0 bridgehead atoms. The highest BCUT2D eigenvalue weighted by atomic mass is 35.5. The highest BCUT2D eigenvalue weighted by Crippen LogP contribution is 2.29. The summed E-state index contributed by atoms with van der Waals surface area (Å²) in [6.45, 7) is 0. The average Bonchev–Trinajstić information content (AvgIpc) is 2.47. The topological polar surface area (TPSA) is 52.6 Å². The van der Waals surface area contributed by atoms with Gasteiger partial charge in [-0.05, 0) is 30.3 Å². The summed E-state index contributed by atoms with van der Waals surface area (Å²) in [6, 6.07) is 8.10. The molecule has 0 amide bonds. The van der Waals surface area contributed by atoms with Gasteiger partial charge >= 0.3 is 5.97 Å². The maximum absolute atomic E-state index is 13.6. The van der Waals surface area contributed by atoms with Crippen molar-refractivity contribution in [3.8, 4) is 11.5 Å². The van der Waals surface area contributed by atoms with E-state index >= 15 is 0 Å². The van der Waals surface area contributed by atoms with Crippen LogP contribution in [0.1, 0.15) is 20.7 Å². The Hall–Kier alpha value is -2.40. The van der Waals surface area contributed by atoms with E-state index in [1.807, 2.05) is 0 Å². The zero-order valence-electron chi connectivity index (χ0n) is 10.9. The Morgan fingerprint density at radius 1 is 1.24 bits per heavy atom. The van der Waals surface area contributed by atoms with E-state index in [9.17, 15) is 14.0 Å². The quantitative estimate of drug-likeness (QED) is 0.492. The average molecular weight is 309 g/mol. The van der Waals surface area contributed by atoms with Crippen molar-refractivity contribution in [2.24, 2.45) is 0 Å². The molecule has 108 valence electrons. The van der Waals surface area contributed by atoms with Crippen molar-refractivity contribution < 1.29 is 23.5 Å². The van der Waals surface area contributed by atoms with E-state index < -0.39 is 11.8 Å². The van der Waals surface area contributed by atoms with Gasteiger partial charge in [0.2, 0.25) is 0 Å². The van der Waals surface area contributed by atoms with Crippen LogP contribution in [0.2, 0.25) is 5.02 Å². The van der Waals surface area contributed by atoms with E-state index in [1.54, 1.807) is 0 Å². The molecule has 2 aromatic carbocycles. The molecule has 0 radical (unpaired) electrons. The van der Waals surface area contributed by atoms with E-state index in [0.29, 0.717) is 11.8 Å². The van der Waals surface area contributed by atoms with E-state index in [-0.39, 0.29) is 22.1 Å². The smallest absolute Gasteiger partial charge is 0.348 e. The second-order valence-corrected chi connectivity index (χ2v) is 4.42. The highest BCUT2D eigenvalue weighted by molar-refractivity contribution is 6.33. The minimum absolute atomic E-state index is 0.0523. The van der Waals surface area contributed by atoms with Crippen molar-refractivity contribution in [1.29, 1.82) is 0 Å². The second-order valence-electron chi connectivity index (χ2n) is 4.01. The molecule has 0 aliphatic carbocycles. The number of carbonyl (C=O) groups is 2. The van der Waals surface area contributed by atoms with Gasteiger partial charge in [0.1, 0.15) is 17.7 Å². The standard InChI is InChI=1S/C15H10ClFO4/c1-20-13-7-9(8-18)5-6-12(13)21-15(19)14-10(16)3-2-4-11(14)17/h2-8H,1H3. The molecule has 0 aliphatic rings. The van der Waals surface area contributed by atoms with Crippen LogP contribution in [0.4, 0.5) is 4.39 Å². The molecule has 0 aliphatic heterocycles. The third-order valence-corrected chi connectivity index (χ3v) is 3.01. The first-order valence-electron chi connectivity index (χ1n) is 5.86. The van der Waals surface area contributed by atoms with E-state index in [4.69, 9.17) is 21.1 Å². The molecule has 0 fully saturated rings. The summed E-state index contributed by atoms with van der Waals surface area (Å²) in [6.07, 6.45) is 0.627. The molecule has 0 heterocycles. The normalized spacial score (nSPS) is 10.0. The van der Waals surface area contributed by atoms with Gasteiger partial charge in [-0.2, -0.15) is 0 Å². The summed E-state index contributed by atoms with van der Waals surface area (Å²) in [5.41, 5.74) is -0.00347. The second kappa shape index (κ2) is 6.37. The largest absolute Gasteiger partial charge is 0.493 e. The number of aldehydes is 1. The first kappa shape index (κ1) is 15.0. The fraction of sp³-hybridized carbons (Fsp3) is 0.0667. The van der Waals surface area contributed by atoms with Gasteiger partial charge in [0.15, 0.2) is 11.5 Å². The number of methoxy groups -OCH3 is 1. The van der Waals surface area contributed by atoms with Crippen LogP contribution in [0, 0.1) is 5.82 Å². The molecule has 6 heteroatoms. The lowest BCUT2D eigenvalue weighted by atomic mass is 10.2. The fourth-order valence-electron chi connectivity index (χ4n) is 1.69. The molecule has 0 N–H and O–H groups in total. The maximum Gasteiger partial charge on any atom is 0.348 e. The van der Waals surface area contributed by atoms with Crippen molar-refractivity contribution >= 4 is 23.9 Å². The number of halogens is 2. The summed E-state index contributed by atoms with van der Waals surface area (Å²) in [5.74, 6) is -1.49. The summed E-state index contributed by atoms with van der Waals surface area (Å²) in [7, 11) is 1.36. The minimum Gasteiger partial charge on any atom is -0.493 e. The molecular weight excluding hydrogens is 299 g/mol. The lowest BCUT2D eigenvalue weighted by Crippen LogP contribution is -2.12. The minimum atomic E-state index is -0.949. The molecule has 0 atom stereocenters. The zero-order chi connectivity index (χ0) is 15.4. The van der Waals surface area contributed by atoms with Crippen LogP contribution >= 0.6 is 11.6 Å². The summed E-state index contributed by atoms with van der Waals surface area (Å²) >= 11 is 5.79. The number of hydrogen-bond donors (Lipinski definition) is 0. The van der Waals surface area contributed by atoms with Crippen molar-refractivity contribution in [1.82, 2.24) is 0 Å². The lowest BCUT2D eigenvalue weighted by molar-refractivity contribution is 0.0725. The third-order valence-electron chi connectivity index (χ3n) is 2.69. The van der Waals surface area contributed by atoms with Crippen LogP contribution in [0.3, 0.4) is 0 Å². The zero-order valence-corrected chi connectivity index (χ0v) is 11.7. The first-order valence-corrected chi connectivity index (χ1v) is 6.24. The first-order chi connectivity index (χ1) is 10.1. The molecule has 0 saturated carbocycles. The molecule has 21 heavy (non-hydrogen) atoms. The number of rotatable bonds is 4. The van der Waals surface area contributed by atoms with E-state index in [2.05, 4.69) is 0 Å². The summed E-state index contributed by atoms with van der Waals surface area (Å²) in [4.78, 5) is 22.7. The van der Waals surface area contributed by atoms with Gasteiger partial charge in [-0.1, -0.05) is 17.7 Å². The van der Waals surface area contributed by atoms with Crippen LogP contribution in [0.25, 0.3) is 0 Å². The van der Waals surface area contributed by atoms with Gasteiger partial charge in [0.05, 0.1) is 12.1 Å². The predicted octanol–water partition coefficient (Wildman–Crippen LogP) is 3.52. The fourth-order valence-corrected chi connectivity index (χ4v) is 1.93. The third kappa shape index (κ3) is 3.20. The number of ether oxygens (including phenoxy) is 2. The van der Waals surface area contributed by atoms with Gasteiger partial charge in [0, 0.05) is 5.56 Å². The SMILES string of the molecule is COc1cc(C=O)ccc1OC(=O)c1c(F)cccc1Cl. The van der Waals surface area contributed by atoms with Crippen LogP contribution in [0.15, 0.2) is 36.4 Å². The summed E-state index contributed by atoms with van der Waals surface area (Å²) in [5, 5.41) is -0.0523. The Morgan fingerprint density at radius 3 is 2.62 bits per heavy atom. The van der Waals surface area contributed by atoms with E-state index in [0.717, 1.165) is 6.07 Å². The number of esters is 1. The monoisotopic (exact) mass is 308 g/mol. The van der Waals surface area contributed by atoms with Crippen LogP contribution in [0.5, 0.6) is 11.5 Å². The van der Waals surface area contributed by atoms with E-state index in [1.165, 1.54) is 37.4 Å². The summed E-state index contributed by atoms with van der Waals surface area (Å²) < 4.78 is 23.7.